The van der Waals surface area contributed by atoms with Gasteiger partial charge < -0.3 is 15.8 Å². The molecule has 0 aliphatic heterocycles. The highest BCUT2D eigenvalue weighted by Crippen LogP contribution is 2.17. The van der Waals surface area contributed by atoms with Gasteiger partial charge in [0.2, 0.25) is 5.95 Å². The molecule has 0 bridgehead atoms. The predicted molar refractivity (Wildman–Crippen MR) is 91.8 cm³/mol. The van der Waals surface area contributed by atoms with Crippen LogP contribution in [-0.4, -0.2) is 33.6 Å². The Morgan fingerprint density at radius 2 is 2.20 bits per heavy atom. The topological polar surface area (TPSA) is 95.1 Å². The molecule has 0 spiro atoms. The predicted octanol–water partition coefficient (Wildman–Crippen LogP) is 1.98. The molecule has 130 valence electrons. The third-order valence-electron chi connectivity index (χ3n) is 3.67. The van der Waals surface area contributed by atoms with E-state index in [1.807, 2.05) is 6.92 Å². The number of aryl methyl sites for hydroxylation is 1. The van der Waals surface area contributed by atoms with Crippen LogP contribution in [0.2, 0.25) is 0 Å². The molecular formula is C17H18FN5O2. The molecule has 0 unspecified atom stereocenters. The van der Waals surface area contributed by atoms with Crippen molar-refractivity contribution in [3.63, 3.8) is 0 Å². The molecule has 0 atom stereocenters. The first-order chi connectivity index (χ1) is 12.1. The van der Waals surface area contributed by atoms with Crippen LogP contribution in [0.4, 0.5) is 10.3 Å². The van der Waals surface area contributed by atoms with E-state index in [0.29, 0.717) is 29.2 Å². The summed E-state index contributed by atoms with van der Waals surface area (Å²) in [5, 5.41) is 2.70. The van der Waals surface area contributed by atoms with Crippen molar-refractivity contribution in [1.29, 1.82) is 0 Å². The van der Waals surface area contributed by atoms with E-state index in [9.17, 15) is 9.18 Å². The van der Waals surface area contributed by atoms with Gasteiger partial charge in [-0.1, -0.05) is 12.1 Å². The summed E-state index contributed by atoms with van der Waals surface area (Å²) in [6, 6.07) is 7.75. The molecule has 1 amide bonds. The number of fused-ring (bicyclic) bond motifs is 1. The van der Waals surface area contributed by atoms with Crippen LogP contribution in [0.5, 0.6) is 5.75 Å². The number of para-hydroxylation sites is 1. The maximum atomic E-state index is 13.4. The first-order valence-electron chi connectivity index (χ1n) is 7.87. The van der Waals surface area contributed by atoms with Crippen LogP contribution in [0.25, 0.3) is 11.2 Å². The van der Waals surface area contributed by atoms with Gasteiger partial charge in [-0.05, 0) is 25.1 Å². The molecule has 0 fully saturated rings. The Bertz CT molecular complexity index is 909. The number of ether oxygens (including phenoxy) is 1. The van der Waals surface area contributed by atoms with Crippen molar-refractivity contribution in [2.24, 2.45) is 0 Å². The van der Waals surface area contributed by atoms with E-state index < -0.39 is 5.82 Å². The van der Waals surface area contributed by atoms with Crippen molar-refractivity contribution in [2.75, 3.05) is 18.9 Å². The van der Waals surface area contributed by atoms with Crippen molar-refractivity contribution in [1.82, 2.24) is 19.9 Å². The number of amides is 1. The molecule has 0 aliphatic carbocycles. The van der Waals surface area contributed by atoms with Crippen LogP contribution in [0.15, 0.2) is 36.5 Å². The zero-order chi connectivity index (χ0) is 17.8. The number of pyridine rings is 1. The maximum absolute atomic E-state index is 13.4. The quantitative estimate of drug-likeness (QED) is 0.667. The van der Waals surface area contributed by atoms with E-state index in [-0.39, 0.29) is 24.8 Å². The van der Waals surface area contributed by atoms with Crippen molar-refractivity contribution in [2.45, 2.75) is 13.5 Å². The Morgan fingerprint density at radius 1 is 1.40 bits per heavy atom. The van der Waals surface area contributed by atoms with Gasteiger partial charge in [-0.25, -0.2) is 14.4 Å². The minimum absolute atomic E-state index is 0.153. The summed E-state index contributed by atoms with van der Waals surface area (Å²) in [6.45, 7) is 2.97. The number of carbonyl (C=O) groups excluding carboxylic acids is 1. The number of carbonyl (C=O) groups is 1. The van der Waals surface area contributed by atoms with Gasteiger partial charge in [-0.15, -0.1) is 0 Å². The van der Waals surface area contributed by atoms with E-state index in [1.54, 1.807) is 22.8 Å². The second-order valence-corrected chi connectivity index (χ2v) is 5.32. The van der Waals surface area contributed by atoms with Gasteiger partial charge in [-0.3, -0.25) is 9.36 Å². The Hall–Kier alpha value is -3.16. The molecule has 3 N–H and O–H groups in total. The molecule has 0 saturated heterocycles. The first kappa shape index (κ1) is 16.7. The number of hydrogen-bond acceptors (Lipinski definition) is 5. The fourth-order valence-electron chi connectivity index (χ4n) is 2.45. The average Bonchev–Trinajstić information content (AvgIpc) is 2.93. The number of hydrogen-bond donors (Lipinski definition) is 2. The fraction of sp³-hybridized carbons (Fsp3) is 0.235. The second-order valence-electron chi connectivity index (χ2n) is 5.32. The summed E-state index contributed by atoms with van der Waals surface area (Å²) in [5.41, 5.74) is 7.40. The molecule has 25 heavy (non-hydrogen) atoms. The number of nitrogens with zero attached hydrogens (tertiary/aromatic N) is 3. The van der Waals surface area contributed by atoms with Crippen LogP contribution in [0.3, 0.4) is 0 Å². The van der Waals surface area contributed by atoms with E-state index in [4.69, 9.17) is 10.5 Å². The lowest BCUT2D eigenvalue weighted by Crippen LogP contribution is -2.28. The van der Waals surface area contributed by atoms with Crippen molar-refractivity contribution in [3.8, 4) is 5.75 Å². The normalized spacial score (nSPS) is 10.8. The number of nitrogens with one attached hydrogen (secondary N) is 1. The largest absolute Gasteiger partial charge is 0.489 e. The summed E-state index contributed by atoms with van der Waals surface area (Å²) in [4.78, 5) is 20.6. The van der Waals surface area contributed by atoms with Gasteiger partial charge in [-0.2, -0.15) is 0 Å². The Labute approximate surface area is 143 Å². The smallest absolute Gasteiger partial charge is 0.253 e. The first-order valence-corrected chi connectivity index (χ1v) is 7.87. The Morgan fingerprint density at radius 3 is 2.96 bits per heavy atom. The summed E-state index contributed by atoms with van der Waals surface area (Å²) in [5.74, 6) is -0.231. The lowest BCUT2D eigenvalue weighted by Gasteiger charge is -2.08. The summed E-state index contributed by atoms with van der Waals surface area (Å²) >= 11 is 0. The van der Waals surface area contributed by atoms with Gasteiger partial charge >= 0.3 is 0 Å². The molecule has 3 aromatic rings. The highest BCUT2D eigenvalue weighted by atomic mass is 19.1. The number of halogens is 1. The molecule has 2 aromatic heterocycles. The fourth-order valence-corrected chi connectivity index (χ4v) is 2.45. The minimum atomic E-state index is -0.437. The van der Waals surface area contributed by atoms with E-state index in [1.165, 1.54) is 18.3 Å². The molecule has 0 aliphatic rings. The highest BCUT2D eigenvalue weighted by molar-refractivity contribution is 5.96. The minimum Gasteiger partial charge on any atom is -0.489 e. The molecule has 3 rings (SSSR count). The van der Waals surface area contributed by atoms with Gasteiger partial charge in [0, 0.05) is 12.7 Å². The average molecular weight is 343 g/mol. The van der Waals surface area contributed by atoms with Crippen LogP contribution in [0.1, 0.15) is 17.3 Å². The van der Waals surface area contributed by atoms with Gasteiger partial charge in [0.25, 0.3) is 5.91 Å². The molecule has 1 aromatic carbocycles. The highest BCUT2D eigenvalue weighted by Gasteiger charge is 2.12. The Kier molecular flexibility index (Phi) is 4.78. The lowest BCUT2D eigenvalue weighted by molar-refractivity contribution is 0.0946. The number of anilines is 1. The SMILES string of the molecule is CCn1c(N)nc2cc(C(=O)NCCOc3ccccc3F)cnc21. The molecule has 0 radical (unpaired) electrons. The van der Waals surface area contributed by atoms with Crippen LogP contribution < -0.4 is 15.8 Å². The number of aromatic nitrogens is 3. The van der Waals surface area contributed by atoms with E-state index in [2.05, 4.69) is 15.3 Å². The summed E-state index contributed by atoms with van der Waals surface area (Å²) in [7, 11) is 0. The van der Waals surface area contributed by atoms with Crippen LogP contribution in [0, 0.1) is 5.82 Å². The standard InChI is InChI=1S/C17H18FN5O2/c1-2-23-15-13(22-17(23)19)9-11(10-21-15)16(24)20-7-8-25-14-6-4-3-5-12(14)18/h3-6,9-10H,2,7-8H2,1H3,(H2,19,22)(H,20,24). The second kappa shape index (κ2) is 7.16. The van der Waals surface area contributed by atoms with Gasteiger partial charge in [0.05, 0.1) is 12.1 Å². The monoisotopic (exact) mass is 343 g/mol. The number of nitrogens with two attached hydrogens (primary N) is 1. The summed E-state index contributed by atoms with van der Waals surface area (Å²) < 4.78 is 20.5. The Balaban J connectivity index is 1.60. The number of benzene rings is 1. The third-order valence-corrected chi connectivity index (χ3v) is 3.67. The van der Waals surface area contributed by atoms with E-state index >= 15 is 0 Å². The van der Waals surface area contributed by atoms with Crippen molar-refractivity contribution in [3.05, 3.63) is 47.9 Å². The summed E-state index contributed by atoms with van der Waals surface area (Å²) in [6.07, 6.45) is 1.47. The molecule has 2 heterocycles. The van der Waals surface area contributed by atoms with Crippen molar-refractivity contribution >= 4 is 23.0 Å². The molecule has 7 nitrogen and oxygen atoms in total. The third kappa shape index (κ3) is 3.52. The number of rotatable bonds is 6. The number of nitrogen functional groups attached to an aromatic ring is 1. The van der Waals surface area contributed by atoms with E-state index in [0.717, 1.165) is 0 Å². The molecule has 8 heteroatoms. The van der Waals surface area contributed by atoms with Gasteiger partial charge in [0.15, 0.2) is 17.2 Å². The van der Waals surface area contributed by atoms with Crippen molar-refractivity contribution < 1.29 is 13.9 Å². The molecule has 0 saturated carbocycles. The molecular weight excluding hydrogens is 325 g/mol. The maximum Gasteiger partial charge on any atom is 0.253 e. The lowest BCUT2D eigenvalue weighted by atomic mass is 10.2. The van der Waals surface area contributed by atoms with Crippen LogP contribution >= 0.6 is 0 Å². The zero-order valence-corrected chi connectivity index (χ0v) is 13.7. The number of imidazole rings is 1. The van der Waals surface area contributed by atoms with Crippen LogP contribution in [-0.2, 0) is 6.54 Å². The van der Waals surface area contributed by atoms with Gasteiger partial charge in [0.1, 0.15) is 12.1 Å². The zero-order valence-electron chi connectivity index (χ0n) is 13.7.